The molecule has 0 aliphatic heterocycles. The minimum atomic E-state index is -4.00. The van der Waals surface area contributed by atoms with Crippen LogP contribution in [0.5, 0.6) is 5.75 Å². The van der Waals surface area contributed by atoms with Gasteiger partial charge in [-0.3, -0.25) is 9.10 Å². The van der Waals surface area contributed by atoms with Crippen LogP contribution in [0.1, 0.15) is 20.8 Å². The quantitative estimate of drug-likeness (QED) is 0.499. The number of anilines is 1. The molecular weight excluding hydrogens is 402 g/mol. The smallest absolute Gasteiger partial charge is 0.326 e. The maximum absolute atomic E-state index is 13.5. The highest BCUT2D eigenvalue weighted by atomic mass is 32.2. The lowest BCUT2D eigenvalue weighted by Gasteiger charge is -2.24. The zero-order valence-corrected chi connectivity index (χ0v) is 18.1. The highest BCUT2D eigenvalue weighted by Crippen LogP contribution is 2.28. The van der Waals surface area contributed by atoms with Gasteiger partial charge in [-0.15, -0.1) is 0 Å². The van der Waals surface area contributed by atoms with Crippen molar-refractivity contribution in [2.24, 2.45) is 0 Å². The summed E-state index contributed by atoms with van der Waals surface area (Å²) in [4.78, 5) is 12.3. The molecule has 0 amide bonds. The molecule has 0 spiro atoms. The molecule has 3 aromatic carbocycles. The van der Waals surface area contributed by atoms with Crippen molar-refractivity contribution in [3.63, 3.8) is 0 Å². The maximum Gasteiger partial charge on any atom is 0.326 e. The molecule has 7 heteroatoms. The lowest BCUT2D eigenvalue weighted by molar-refractivity contribution is -0.141. The minimum absolute atomic E-state index is 0.00665. The van der Waals surface area contributed by atoms with Gasteiger partial charge in [-0.05, 0) is 67.9 Å². The van der Waals surface area contributed by atoms with Crippen LogP contribution >= 0.6 is 0 Å². The molecule has 0 N–H and O–H groups in total. The molecule has 0 heterocycles. The van der Waals surface area contributed by atoms with E-state index in [-0.39, 0.29) is 17.6 Å². The molecule has 0 radical (unpaired) electrons. The van der Waals surface area contributed by atoms with Gasteiger partial charge in [-0.25, -0.2) is 8.42 Å². The Hall–Kier alpha value is -3.06. The normalized spacial score (nSPS) is 11.5. The summed E-state index contributed by atoms with van der Waals surface area (Å²) < 4.78 is 38.6. The van der Waals surface area contributed by atoms with E-state index in [2.05, 4.69) is 0 Å². The predicted molar refractivity (Wildman–Crippen MR) is 117 cm³/mol. The Morgan fingerprint density at radius 3 is 2.27 bits per heavy atom. The van der Waals surface area contributed by atoms with Gasteiger partial charge in [-0.2, -0.15) is 0 Å². The zero-order valence-electron chi connectivity index (χ0n) is 17.2. The summed E-state index contributed by atoms with van der Waals surface area (Å²) in [7, 11) is -4.00. The van der Waals surface area contributed by atoms with E-state index in [1.165, 1.54) is 0 Å². The lowest BCUT2D eigenvalue weighted by atomic mass is 10.1. The van der Waals surface area contributed by atoms with Crippen LogP contribution in [0.25, 0.3) is 10.8 Å². The van der Waals surface area contributed by atoms with Crippen molar-refractivity contribution in [1.29, 1.82) is 0 Å². The first-order valence-corrected chi connectivity index (χ1v) is 11.2. The van der Waals surface area contributed by atoms with Crippen LogP contribution in [0.15, 0.2) is 71.6 Å². The third kappa shape index (κ3) is 4.91. The second-order valence-corrected chi connectivity index (χ2v) is 8.85. The highest BCUT2D eigenvalue weighted by Gasteiger charge is 2.28. The van der Waals surface area contributed by atoms with E-state index in [0.717, 1.165) is 15.1 Å². The number of esters is 1. The van der Waals surface area contributed by atoms with Crippen LogP contribution in [0, 0.1) is 0 Å². The molecule has 0 atom stereocenters. The summed E-state index contributed by atoms with van der Waals surface area (Å²) in [5, 5.41) is 1.74. The fraction of sp³-hybridized carbons (Fsp3) is 0.261. The molecule has 0 fully saturated rings. The number of sulfonamides is 1. The maximum atomic E-state index is 13.5. The first-order valence-electron chi connectivity index (χ1n) is 9.75. The van der Waals surface area contributed by atoms with E-state index in [9.17, 15) is 13.2 Å². The van der Waals surface area contributed by atoms with E-state index in [1.807, 2.05) is 38.1 Å². The van der Waals surface area contributed by atoms with Crippen LogP contribution in [0.3, 0.4) is 0 Å². The first kappa shape index (κ1) is 21.6. The van der Waals surface area contributed by atoms with E-state index >= 15 is 0 Å². The molecular formula is C23H25NO5S. The van der Waals surface area contributed by atoms with Gasteiger partial charge < -0.3 is 9.47 Å². The molecule has 6 nitrogen and oxygen atoms in total. The number of hydrogen-bond acceptors (Lipinski definition) is 5. The number of hydrogen-bond donors (Lipinski definition) is 0. The second-order valence-electron chi connectivity index (χ2n) is 6.99. The lowest BCUT2D eigenvalue weighted by Crippen LogP contribution is -2.36. The Kier molecular flexibility index (Phi) is 6.62. The summed E-state index contributed by atoms with van der Waals surface area (Å²) >= 11 is 0. The van der Waals surface area contributed by atoms with Crippen LogP contribution in [0.4, 0.5) is 5.69 Å². The SMILES string of the molecule is CCOC(=O)CN(c1ccc(OC(C)C)cc1)S(=O)(=O)c1ccc2ccccc2c1. The monoisotopic (exact) mass is 427 g/mol. The average molecular weight is 428 g/mol. The molecule has 0 unspecified atom stereocenters. The minimum Gasteiger partial charge on any atom is -0.491 e. The molecule has 3 rings (SSSR count). The third-order valence-electron chi connectivity index (χ3n) is 4.38. The first-order chi connectivity index (χ1) is 14.3. The molecule has 0 aromatic heterocycles. The standard InChI is InChI=1S/C23H25NO5S/c1-4-28-23(25)16-24(20-10-12-21(13-11-20)29-17(2)3)30(26,27)22-14-9-18-7-5-6-8-19(18)15-22/h5-15,17H,4,16H2,1-3H3. The number of benzene rings is 3. The van der Waals surface area contributed by atoms with Gasteiger partial charge in [0.05, 0.1) is 23.3 Å². The summed E-state index contributed by atoms with van der Waals surface area (Å²) in [5.74, 6) is -0.00249. The third-order valence-corrected chi connectivity index (χ3v) is 6.15. The average Bonchev–Trinajstić information content (AvgIpc) is 2.72. The highest BCUT2D eigenvalue weighted by molar-refractivity contribution is 7.92. The van der Waals surface area contributed by atoms with Gasteiger partial charge in [0.25, 0.3) is 10.0 Å². The van der Waals surface area contributed by atoms with E-state index in [4.69, 9.17) is 9.47 Å². The number of ether oxygens (including phenoxy) is 2. The summed E-state index contributed by atoms with van der Waals surface area (Å²) in [6.45, 7) is 5.24. The number of nitrogens with zero attached hydrogens (tertiary/aromatic N) is 1. The molecule has 0 saturated heterocycles. The van der Waals surface area contributed by atoms with E-state index in [0.29, 0.717) is 11.4 Å². The number of rotatable bonds is 8. The summed E-state index contributed by atoms with van der Waals surface area (Å²) in [6.07, 6.45) is -0.00665. The van der Waals surface area contributed by atoms with Crippen LogP contribution in [-0.4, -0.2) is 33.6 Å². The van der Waals surface area contributed by atoms with Crippen molar-refractivity contribution in [3.05, 3.63) is 66.7 Å². The van der Waals surface area contributed by atoms with Crippen molar-refractivity contribution in [2.45, 2.75) is 31.8 Å². The number of carbonyl (C=O) groups excluding carboxylic acids is 1. The van der Waals surface area contributed by atoms with Gasteiger partial charge in [0.15, 0.2) is 0 Å². The Morgan fingerprint density at radius 1 is 0.967 bits per heavy atom. The second kappa shape index (κ2) is 9.17. The fourth-order valence-corrected chi connectivity index (χ4v) is 4.50. The van der Waals surface area contributed by atoms with Crippen molar-refractivity contribution >= 4 is 32.5 Å². The Bertz CT molecular complexity index is 1120. The van der Waals surface area contributed by atoms with Crippen molar-refractivity contribution in [2.75, 3.05) is 17.5 Å². The van der Waals surface area contributed by atoms with E-state index < -0.39 is 22.5 Å². The van der Waals surface area contributed by atoms with Crippen LogP contribution < -0.4 is 9.04 Å². The molecule has 0 aliphatic rings. The van der Waals surface area contributed by atoms with Crippen molar-refractivity contribution in [3.8, 4) is 5.75 Å². The largest absolute Gasteiger partial charge is 0.491 e. The zero-order chi connectivity index (χ0) is 21.7. The van der Waals surface area contributed by atoms with Gasteiger partial charge in [0, 0.05) is 0 Å². The van der Waals surface area contributed by atoms with Gasteiger partial charge in [0.1, 0.15) is 12.3 Å². The molecule has 0 aliphatic carbocycles. The van der Waals surface area contributed by atoms with E-state index in [1.54, 1.807) is 49.4 Å². The fourth-order valence-electron chi connectivity index (χ4n) is 3.06. The van der Waals surface area contributed by atoms with Crippen LogP contribution in [-0.2, 0) is 19.6 Å². The molecule has 30 heavy (non-hydrogen) atoms. The Labute approximate surface area is 177 Å². The number of carbonyl (C=O) groups is 1. The summed E-state index contributed by atoms with van der Waals surface area (Å²) in [5.41, 5.74) is 0.354. The van der Waals surface area contributed by atoms with Gasteiger partial charge in [-0.1, -0.05) is 30.3 Å². The molecule has 158 valence electrons. The summed E-state index contributed by atoms with van der Waals surface area (Å²) in [6, 6.07) is 19.0. The van der Waals surface area contributed by atoms with Crippen molar-refractivity contribution in [1.82, 2.24) is 0 Å². The number of fused-ring (bicyclic) bond motifs is 1. The predicted octanol–water partition coefficient (Wildman–Crippen LogP) is 4.39. The van der Waals surface area contributed by atoms with Gasteiger partial charge >= 0.3 is 5.97 Å². The van der Waals surface area contributed by atoms with Crippen molar-refractivity contribution < 1.29 is 22.7 Å². The molecule has 3 aromatic rings. The topological polar surface area (TPSA) is 72.9 Å². The Balaban J connectivity index is 2.02. The van der Waals surface area contributed by atoms with Crippen LogP contribution in [0.2, 0.25) is 0 Å². The molecule has 0 bridgehead atoms. The Morgan fingerprint density at radius 2 is 1.63 bits per heavy atom. The molecule has 0 saturated carbocycles. The van der Waals surface area contributed by atoms with Gasteiger partial charge in [0.2, 0.25) is 0 Å².